The zero-order chi connectivity index (χ0) is 19.5. The van der Waals surface area contributed by atoms with Crippen molar-refractivity contribution in [1.29, 1.82) is 0 Å². The van der Waals surface area contributed by atoms with Gasteiger partial charge in [-0.15, -0.1) is 0 Å². The number of hydrogen-bond donors (Lipinski definition) is 2. The highest BCUT2D eigenvalue weighted by molar-refractivity contribution is 5.80. The Balaban J connectivity index is 1.50. The molecule has 1 aromatic heterocycles. The monoisotopic (exact) mass is 387 g/mol. The van der Waals surface area contributed by atoms with Crippen LogP contribution < -0.4 is 16.3 Å². The molecule has 2 saturated heterocycles. The number of piperidine rings is 1. The molecular weight excluding hydrogens is 354 g/mol. The summed E-state index contributed by atoms with van der Waals surface area (Å²) < 4.78 is 9.80. The predicted molar refractivity (Wildman–Crippen MR) is 112 cm³/mol. The number of piperazine rings is 1. The number of aromatic nitrogens is 2. The van der Waals surface area contributed by atoms with Crippen LogP contribution in [0.25, 0.3) is 11.0 Å². The van der Waals surface area contributed by atoms with Crippen molar-refractivity contribution in [3.05, 3.63) is 34.2 Å². The van der Waals surface area contributed by atoms with Crippen molar-refractivity contribution in [3.63, 3.8) is 0 Å². The summed E-state index contributed by atoms with van der Waals surface area (Å²) in [5, 5.41) is 6.87. The number of aryl methyl sites for hydroxylation is 2. The van der Waals surface area contributed by atoms with E-state index in [2.05, 4.69) is 40.8 Å². The Hall–Kier alpha value is -1.67. The highest BCUT2D eigenvalue weighted by atomic mass is 16.5. The molecule has 2 aliphatic rings. The first kappa shape index (κ1) is 19.6. The number of imidazole rings is 1. The fraction of sp³-hybridized carbons (Fsp3) is 0.667. The number of benzene rings is 1. The zero-order valence-corrected chi connectivity index (χ0v) is 17.1. The van der Waals surface area contributed by atoms with Gasteiger partial charge in [-0.2, -0.15) is 0 Å². The first-order chi connectivity index (χ1) is 13.6. The highest BCUT2D eigenvalue weighted by Crippen LogP contribution is 2.22. The Bertz CT molecular complexity index is 852. The Kier molecular flexibility index (Phi) is 6.16. The van der Waals surface area contributed by atoms with Crippen molar-refractivity contribution in [2.24, 2.45) is 7.05 Å². The molecule has 28 heavy (non-hydrogen) atoms. The molecule has 2 N–H and O–H groups in total. The fourth-order valence-corrected chi connectivity index (χ4v) is 4.54. The van der Waals surface area contributed by atoms with E-state index < -0.39 is 0 Å². The molecular formula is C21H33N5O2. The molecule has 3 heterocycles. The van der Waals surface area contributed by atoms with Crippen LogP contribution in [0, 0.1) is 0 Å². The lowest BCUT2D eigenvalue weighted by Crippen LogP contribution is -2.48. The van der Waals surface area contributed by atoms with E-state index in [0.717, 1.165) is 76.0 Å². The fourth-order valence-electron chi connectivity index (χ4n) is 4.54. The number of para-hydroxylation sites is 1. The molecule has 154 valence electrons. The van der Waals surface area contributed by atoms with E-state index >= 15 is 0 Å². The van der Waals surface area contributed by atoms with Gasteiger partial charge in [0.1, 0.15) is 6.17 Å². The summed E-state index contributed by atoms with van der Waals surface area (Å²) in [5.41, 5.74) is 3.37. The van der Waals surface area contributed by atoms with Crippen LogP contribution in [0.1, 0.15) is 31.0 Å². The van der Waals surface area contributed by atoms with Gasteiger partial charge in [0, 0.05) is 33.3 Å². The maximum absolute atomic E-state index is 13.0. The summed E-state index contributed by atoms with van der Waals surface area (Å²) in [7, 11) is 4.00. The third kappa shape index (κ3) is 4.03. The minimum absolute atomic E-state index is 0.0217. The second-order valence-corrected chi connectivity index (χ2v) is 8.15. The number of nitrogens with zero attached hydrogens (tertiary/aromatic N) is 3. The van der Waals surface area contributed by atoms with Crippen LogP contribution in [0.4, 0.5) is 0 Å². The zero-order valence-electron chi connectivity index (χ0n) is 17.1. The van der Waals surface area contributed by atoms with Crippen molar-refractivity contribution in [2.75, 3.05) is 46.4 Å². The molecule has 0 amide bonds. The van der Waals surface area contributed by atoms with Crippen LogP contribution in [-0.2, 0) is 18.2 Å². The number of rotatable bonds is 6. The first-order valence-corrected chi connectivity index (χ1v) is 10.6. The van der Waals surface area contributed by atoms with Gasteiger partial charge in [0.2, 0.25) is 0 Å². The number of hydrogen-bond acceptors (Lipinski definition) is 5. The van der Waals surface area contributed by atoms with E-state index in [1.165, 1.54) is 5.56 Å². The summed E-state index contributed by atoms with van der Waals surface area (Å²) >= 11 is 0. The van der Waals surface area contributed by atoms with E-state index in [4.69, 9.17) is 4.74 Å². The minimum atomic E-state index is 0.0217. The van der Waals surface area contributed by atoms with Crippen molar-refractivity contribution in [2.45, 2.75) is 38.0 Å². The summed E-state index contributed by atoms with van der Waals surface area (Å²) in [6, 6.07) is 6.30. The second-order valence-electron chi connectivity index (χ2n) is 8.15. The molecule has 0 radical (unpaired) electrons. The standard InChI is InChI=1S/C21H33N5O2/c1-24-13-12-23-19(15-24)26-18-7-3-5-16(20(18)25(2)21(26)27)6-4-14-28-17-8-10-22-11-9-17/h3,5,7,17,19,22-23H,4,6,8-15H2,1-2H3. The third-order valence-electron chi connectivity index (χ3n) is 6.09. The van der Waals surface area contributed by atoms with Crippen LogP contribution >= 0.6 is 0 Å². The molecule has 0 aliphatic carbocycles. The molecule has 7 heteroatoms. The normalized spacial score (nSPS) is 22.1. The van der Waals surface area contributed by atoms with Gasteiger partial charge in [-0.05, 0) is 57.5 Å². The number of likely N-dealkylation sites (N-methyl/N-ethyl adjacent to an activating group) is 1. The first-order valence-electron chi connectivity index (χ1n) is 10.6. The van der Waals surface area contributed by atoms with Crippen molar-refractivity contribution in [3.8, 4) is 0 Å². The quantitative estimate of drug-likeness (QED) is 0.726. The lowest BCUT2D eigenvalue weighted by Gasteiger charge is -2.31. The van der Waals surface area contributed by atoms with Crippen LogP contribution in [0.5, 0.6) is 0 Å². The molecule has 1 aromatic carbocycles. The molecule has 1 atom stereocenters. The van der Waals surface area contributed by atoms with Gasteiger partial charge in [0.05, 0.1) is 17.1 Å². The van der Waals surface area contributed by atoms with E-state index in [0.29, 0.717) is 6.10 Å². The molecule has 2 aromatic rings. The number of fused-ring (bicyclic) bond motifs is 1. The van der Waals surface area contributed by atoms with E-state index in [1.54, 1.807) is 0 Å². The van der Waals surface area contributed by atoms with Gasteiger partial charge >= 0.3 is 5.69 Å². The lowest BCUT2D eigenvalue weighted by atomic mass is 10.1. The maximum atomic E-state index is 13.0. The molecule has 2 aliphatic heterocycles. The SMILES string of the molecule is CN1CCNC(n2c(=O)n(C)c3c(CCCOC4CCNCC4)cccc32)C1. The van der Waals surface area contributed by atoms with E-state index in [1.807, 2.05) is 16.2 Å². The second kappa shape index (κ2) is 8.78. The van der Waals surface area contributed by atoms with Crippen LogP contribution in [0.15, 0.2) is 23.0 Å². The summed E-state index contributed by atoms with van der Waals surface area (Å²) in [4.78, 5) is 15.3. The number of nitrogens with one attached hydrogen (secondary N) is 2. The van der Waals surface area contributed by atoms with Crippen LogP contribution in [-0.4, -0.2) is 66.5 Å². The predicted octanol–water partition coefficient (Wildman–Crippen LogP) is 1.07. The summed E-state index contributed by atoms with van der Waals surface area (Å²) in [5.74, 6) is 0. The molecule has 1 unspecified atom stereocenters. The van der Waals surface area contributed by atoms with Gasteiger partial charge in [-0.25, -0.2) is 4.79 Å². The van der Waals surface area contributed by atoms with Gasteiger partial charge < -0.3 is 15.0 Å². The Labute approximate surface area is 166 Å². The largest absolute Gasteiger partial charge is 0.378 e. The number of ether oxygens (including phenoxy) is 1. The maximum Gasteiger partial charge on any atom is 0.330 e. The van der Waals surface area contributed by atoms with Crippen molar-refractivity contribution in [1.82, 2.24) is 24.7 Å². The molecule has 7 nitrogen and oxygen atoms in total. The molecule has 0 spiro atoms. The van der Waals surface area contributed by atoms with Gasteiger partial charge in [0.25, 0.3) is 0 Å². The third-order valence-corrected chi connectivity index (χ3v) is 6.09. The Morgan fingerprint density at radius 2 is 2.00 bits per heavy atom. The van der Waals surface area contributed by atoms with E-state index in [9.17, 15) is 4.79 Å². The average Bonchev–Trinajstić information content (AvgIpc) is 2.97. The lowest BCUT2D eigenvalue weighted by molar-refractivity contribution is 0.0318. The molecule has 2 fully saturated rings. The Morgan fingerprint density at radius 3 is 2.79 bits per heavy atom. The average molecular weight is 388 g/mol. The van der Waals surface area contributed by atoms with E-state index in [-0.39, 0.29) is 11.9 Å². The molecule has 0 saturated carbocycles. The minimum Gasteiger partial charge on any atom is -0.378 e. The van der Waals surface area contributed by atoms with Gasteiger partial charge in [-0.1, -0.05) is 12.1 Å². The van der Waals surface area contributed by atoms with Gasteiger partial charge in [0.15, 0.2) is 0 Å². The summed E-state index contributed by atoms with van der Waals surface area (Å²) in [6.07, 6.45) is 4.54. The molecule has 4 rings (SSSR count). The topological polar surface area (TPSA) is 63.5 Å². The van der Waals surface area contributed by atoms with Crippen molar-refractivity contribution < 1.29 is 4.74 Å². The molecule has 0 bridgehead atoms. The van der Waals surface area contributed by atoms with Gasteiger partial charge in [-0.3, -0.25) is 14.5 Å². The van der Waals surface area contributed by atoms with Crippen LogP contribution in [0.3, 0.4) is 0 Å². The van der Waals surface area contributed by atoms with Crippen molar-refractivity contribution >= 4 is 11.0 Å². The summed E-state index contributed by atoms with van der Waals surface area (Å²) in [6.45, 7) is 5.65. The Morgan fingerprint density at radius 1 is 1.18 bits per heavy atom. The van der Waals surface area contributed by atoms with Crippen LogP contribution in [0.2, 0.25) is 0 Å². The highest BCUT2D eigenvalue weighted by Gasteiger charge is 2.24. The smallest absolute Gasteiger partial charge is 0.330 e.